The van der Waals surface area contributed by atoms with Gasteiger partial charge in [-0.2, -0.15) is 0 Å². The van der Waals surface area contributed by atoms with Crippen LogP contribution < -0.4 is 10.1 Å². The van der Waals surface area contributed by atoms with E-state index in [-0.39, 0.29) is 23.2 Å². The summed E-state index contributed by atoms with van der Waals surface area (Å²) in [4.78, 5) is 25.1. The number of aryl methyl sites for hydroxylation is 2. The highest BCUT2D eigenvalue weighted by molar-refractivity contribution is 7.89. The first-order valence-electron chi connectivity index (χ1n) is 10.1. The van der Waals surface area contributed by atoms with Gasteiger partial charge in [0.05, 0.1) is 10.5 Å². The summed E-state index contributed by atoms with van der Waals surface area (Å²) in [6, 6.07) is 6.64. The van der Waals surface area contributed by atoms with Crippen LogP contribution in [-0.4, -0.2) is 45.1 Å². The molecule has 1 amide bonds. The zero-order chi connectivity index (χ0) is 23.1. The number of Topliss-reactive ketones (excluding diaryl/α,β-unsaturated/α-hetero) is 1. The third kappa shape index (κ3) is 4.36. The monoisotopic (exact) mass is 444 g/mol. The maximum Gasteiger partial charge on any atom is 0.262 e. The number of rotatable bonds is 6. The van der Waals surface area contributed by atoms with Crippen molar-refractivity contribution >= 4 is 27.4 Å². The number of hydrogen-bond acceptors (Lipinski definition) is 5. The van der Waals surface area contributed by atoms with Gasteiger partial charge in [0.25, 0.3) is 5.91 Å². The van der Waals surface area contributed by atoms with E-state index in [4.69, 9.17) is 4.74 Å². The largest absolute Gasteiger partial charge is 0.483 e. The number of hydrogen-bond donors (Lipinski definition) is 1. The number of anilines is 1. The highest BCUT2D eigenvalue weighted by atomic mass is 32.2. The zero-order valence-corrected chi connectivity index (χ0v) is 19.5. The van der Waals surface area contributed by atoms with Crippen LogP contribution in [-0.2, 0) is 14.8 Å². The van der Waals surface area contributed by atoms with Crippen LogP contribution >= 0.6 is 0 Å². The van der Waals surface area contributed by atoms with E-state index in [1.807, 2.05) is 26.8 Å². The Morgan fingerprint density at radius 3 is 2.48 bits per heavy atom. The fraction of sp³-hybridized carbons (Fsp3) is 0.391. The molecule has 0 spiro atoms. The summed E-state index contributed by atoms with van der Waals surface area (Å²) < 4.78 is 31.8. The predicted octanol–water partition coefficient (Wildman–Crippen LogP) is 3.57. The van der Waals surface area contributed by atoms with E-state index in [1.165, 1.54) is 20.2 Å². The Hall–Kier alpha value is -2.71. The average Bonchev–Trinajstić information content (AvgIpc) is 2.99. The van der Waals surface area contributed by atoms with Crippen molar-refractivity contribution in [3.63, 3.8) is 0 Å². The fourth-order valence-corrected chi connectivity index (χ4v) is 4.89. The van der Waals surface area contributed by atoms with Crippen molar-refractivity contribution in [2.24, 2.45) is 0 Å². The third-order valence-electron chi connectivity index (χ3n) is 5.74. The van der Waals surface area contributed by atoms with E-state index < -0.39 is 15.9 Å². The summed E-state index contributed by atoms with van der Waals surface area (Å²) in [6.07, 6.45) is 0.439. The number of benzene rings is 2. The maximum absolute atomic E-state index is 12.6. The number of nitrogens with one attached hydrogen (secondary N) is 1. The van der Waals surface area contributed by atoms with Crippen molar-refractivity contribution in [3.05, 3.63) is 52.1 Å². The summed E-state index contributed by atoms with van der Waals surface area (Å²) in [5, 5.41) is 2.74. The number of carbonyl (C=O) groups excluding carboxylic acids is 2. The van der Waals surface area contributed by atoms with Crippen LogP contribution in [0.15, 0.2) is 29.2 Å². The Kier molecular flexibility index (Phi) is 6.25. The first-order valence-corrected chi connectivity index (χ1v) is 11.5. The zero-order valence-electron chi connectivity index (χ0n) is 18.7. The van der Waals surface area contributed by atoms with Gasteiger partial charge in [-0.15, -0.1) is 0 Å². The number of nitrogens with zero attached hydrogens (tertiary/aromatic N) is 1. The van der Waals surface area contributed by atoms with E-state index in [0.717, 1.165) is 26.6 Å². The van der Waals surface area contributed by atoms with Crippen molar-refractivity contribution in [2.45, 2.75) is 44.9 Å². The molecule has 0 radical (unpaired) electrons. The quantitative estimate of drug-likeness (QED) is 0.735. The summed E-state index contributed by atoms with van der Waals surface area (Å²) in [5.41, 5.74) is 4.51. The average molecular weight is 445 g/mol. The van der Waals surface area contributed by atoms with Gasteiger partial charge < -0.3 is 10.1 Å². The van der Waals surface area contributed by atoms with E-state index in [9.17, 15) is 18.0 Å². The highest BCUT2D eigenvalue weighted by Crippen LogP contribution is 2.40. The lowest BCUT2D eigenvalue weighted by molar-refractivity contribution is -0.118. The number of ether oxygens (including phenoxy) is 1. The Balaban J connectivity index is 1.80. The minimum Gasteiger partial charge on any atom is -0.483 e. The van der Waals surface area contributed by atoms with Crippen molar-refractivity contribution in [3.8, 4) is 5.75 Å². The van der Waals surface area contributed by atoms with E-state index in [0.29, 0.717) is 23.4 Å². The molecule has 0 heterocycles. The molecule has 1 atom stereocenters. The molecule has 1 N–H and O–H groups in total. The summed E-state index contributed by atoms with van der Waals surface area (Å²) in [6.45, 7) is 7.28. The molecule has 3 rings (SSSR count). The lowest BCUT2D eigenvalue weighted by Crippen LogP contribution is -2.24. The molecule has 31 heavy (non-hydrogen) atoms. The summed E-state index contributed by atoms with van der Waals surface area (Å²) in [7, 11) is -0.724. The molecule has 8 heteroatoms. The van der Waals surface area contributed by atoms with E-state index in [2.05, 4.69) is 5.32 Å². The molecule has 7 nitrogen and oxygen atoms in total. The van der Waals surface area contributed by atoms with Gasteiger partial charge in [0.2, 0.25) is 10.0 Å². The number of amides is 1. The van der Waals surface area contributed by atoms with Gasteiger partial charge in [-0.05, 0) is 67.1 Å². The maximum atomic E-state index is 12.6. The highest BCUT2D eigenvalue weighted by Gasteiger charge is 2.31. The first-order chi connectivity index (χ1) is 14.4. The third-order valence-corrected chi connectivity index (χ3v) is 7.53. The molecule has 0 fully saturated rings. The molecule has 0 saturated heterocycles. The minimum atomic E-state index is -3.64. The van der Waals surface area contributed by atoms with Gasteiger partial charge in [0.15, 0.2) is 12.4 Å². The smallest absolute Gasteiger partial charge is 0.262 e. The van der Waals surface area contributed by atoms with Gasteiger partial charge >= 0.3 is 0 Å². The van der Waals surface area contributed by atoms with Crippen molar-refractivity contribution in [1.29, 1.82) is 0 Å². The Bertz CT molecular complexity index is 1170. The molecular weight excluding hydrogens is 416 g/mol. The minimum absolute atomic E-state index is 0.0228. The van der Waals surface area contributed by atoms with Gasteiger partial charge in [-0.3, -0.25) is 9.59 Å². The standard InChI is InChI=1S/C23H28N2O5S/c1-13-7-8-20(23-19(26)10-15(3)22(13)23)30-12-21(27)24-18-11-17(9-14(2)16(18)4)31(28,29)25(5)6/h7-9,11,15H,10,12H2,1-6H3,(H,24,27). The lowest BCUT2D eigenvalue weighted by Gasteiger charge is -2.17. The van der Waals surface area contributed by atoms with Crippen LogP contribution in [0.25, 0.3) is 0 Å². The van der Waals surface area contributed by atoms with Gasteiger partial charge in [0, 0.05) is 26.2 Å². The van der Waals surface area contributed by atoms with Crippen LogP contribution in [0.4, 0.5) is 5.69 Å². The second-order valence-corrected chi connectivity index (χ2v) is 10.4. The summed E-state index contributed by atoms with van der Waals surface area (Å²) >= 11 is 0. The topological polar surface area (TPSA) is 92.8 Å². The van der Waals surface area contributed by atoms with Crippen LogP contribution in [0, 0.1) is 20.8 Å². The predicted molar refractivity (Wildman–Crippen MR) is 119 cm³/mol. The lowest BCUT2D eigenvalue weighted by atomic mass is 9.97. The normalized spacial score (nSPS) is 15.8. The number of carbonyl (C=O) groups is 2. The SMILES string of the molecule is Cc1cc(S(=O)(=O)N(C)C)cc(NC(=O)COc2ccc(C)c3c2C(=O)CC3C)c1C. The Morgan fingerprint density at radius 2 is 1.84 bits per heavy atom. The number of fused-ring (bicyclic) bond motifs is 1. The molecule has 1 aliphatic rings. The van der Waals surface area contributed by atoms with Crippen LogP contribution in [0.5, 0.6) is 5.75 Å². The number of ketones is 1. The summed E-state index contributed by atoms with van der Waals surface area (Å²) in [5.74, 6) is 0.123. The molecular formula is C23H28N2O5S. The van der Waals surface area contributed by atoms with Gasteiger partial charge in [0.1, 0.15) is 5.75 Å². The second kappa shape index (κ2) is 8.43. The van der Waals surface area contributed by atoms with Crippen molar-refractivity contribution in [2.75, 3.05) is 26.0 Å². The van der Waals surface area contributed by atoms with Crippen LogP contribution in [0.1, 0.15) is 51.9 Å². The van der Waals surface area contributed by atoms with Crippen molar-refractivity contribution < 1.29 is 22.7 Å². The van der Waals surface area contributed by atoms with E-state index in [1.54, 1.807) is 19.1 Å². The second-order valence-electron chi connectivity index (χ2n) is 8.23. The fourth-order valence-electron chi connectivity index (χ4n) is 3.87. The Morgan fingerprint density at radius 1 is 1.16 bits per heavy atom. The van der Waals surface area contributed by atoms with Crippen LogP contribution in [0.3, 0.4) is 0 Å². The molecule has 0 bridgehead atoms. The van der Waals surface area contributed by atoms with Crippen molar-refractivity contribution in [1.82, 2.24) is 4.31 Å². The van der Waals surface area contributed by atoms with Gasteiger partial charge in [-0.1, -0.05) is 13.0 Å². The number of sulfonamides is 1. The molecule has 1 aliphatic carbocycles. The van der Waals surface area contributed by atoms with Crippen LogP contribution in [0.2, 0.25) is 0 Å². The Labute approximate surface area is 183 Å². The van der Waals surface area contributed by atoms with E-state index >= 15 is 0 Å². The van der Waals surface area contributed by atoms with Gasteiger partial charge in [-0.25, -0.2) is 12.7 Å². The molecule has 0 aromatic heterocycles. The molecule has 0 aliphatic heterocycles. The molecule has 0 saturated carbocycles. The molecule has 2 aromatic rings. The molecule has 1 unspecified atom stereocenters. The molecule has 2 aromatic carbocycles. The molecule has 166 valence electrons. The first kappa shape index (κ1) is 23.0.